The number of aromatic nitrogens is 1. The summed E-state index contributed by atoms with van der Waals surface area (Å²) in [5, 5.41) is 8.80. The third kappa shape index (κ3) is 2.75. The van der Waals surface area contributed by atoms with Gasteiger partial charge in [-0.1, -0.05) is 23.5 Å². The van der Waals surface area contributed by atoms with Gasteiger partial charge in [0.05, 0.1) is 19.2 Å². The van der Waals surface area contributed by atoms with E-state index in [1.54, 1.807) is 7.11 Å². The monoisotopic (exact) mass is 293 g/mol. The Morgan fingerprint density at radius 1 is 1.40 bits per heavy atom. The Morgan fingerprint density at radius 2 is 2.10 bits per heavy atom. The van der Waals surface area contributed by atoms with E-state index in [-0.39, 0.29) is 17.8 Å². The average Bonchev–Trinajstić information content (AvgIpc) is 2.70. The van der Waals surface area contributed by atoms with Crippen molar-refractivity contribution in [2.24, 2.45) is 0 Å². The number of ether oxygens (including phenoxy) is 1. The summed E-state index contributed by atoms with van der Waals surface area (Å²) in [7, 11) is 1.57. The van der Waals surface area contributed by atoms with E-state index in [0.717, 1.165) is 27.5 Å². The van der Waals surface area contributed by atoms with Gasteiger partial charge in [-0.05, 0) is 19.1 Å². The number of hydrogen-bond acceptors (Lipinski definition) is 4. The van der Waals surface area contributed by atoms with Gasteiger partial charge in [0.1, 0.15) is 5.75 Å². The molecule has 20 heavy (non-hydrogen) atoms. The van der Waals surface area contributed by atoms with Crippen LogP contribution in [-0.4, -0.2) is 22.8 Å². The van der Waals surface area contributed by atoms with E-state index in [1.165, 1.54) is 4.57 Å². The molecule has 0 spiro atoms. The standard InChI is InChI=1S/C14H15NO4S/c1-9-13(10-5-3-4-6-11(10)19-2)15(14(18)20-9)8-7-12(16)17/h3-6H,7-8H2,1-2H3,(H,16,17). The Hall–Kier alpha value is -2.08. The van der Waals surface area contributed by atoms with Crippen molar-refractivity contribution in [1.82, 2.24) is 4.57 Å². The second kappa shape index (κ2) is 5.92. The number of nitrogens with zero attached hydrogens (tertiary/aromatic N) is 1. The molecule has 0 amide bonds. The van der Waals surface area contributed by atoms with Gasteiger partial charge in [0.15, 0.2) is 0 Å². The maximum absolute atomic E-state index is 12.0. The second-order valence-corrected chi connectivity index (χ2v) is 5.43. The number of para-hydroxylation sites is 1. The molecule has 1 N–H and O–H groups in total. The Balaban J connectivity index is 2.55. The van der Waals surface area contributed by atoms with Crippen molar-refractivity contribution in [2.45, 2.75) is 19.9 Å². The lowest BCUT2D eigenvalue weighted by Gasteiger charge is -2.11. The molecule has 1 aromatic heterocycles. The molecule has 1 heterocycles. The summed E-state index contributed by atoms with van der Waals surface area (Å²) < 4.78 is 6.82. The first-order valence-electron chi connectivity index (χ1n) is 6.10. The van der Waals surface area contributed by atoms with E-state index >= 15 is 0 Å². The Morgan fingerprint density at radius 3 is 2.75 bits per heavy atom. The molecular formula is C14H15NO4S. The average molecular weight is 293 g/mol. The van der Waals surface area contributed by atoms with Crippen LogP contribution in [0.4, 0.5) is 0 Å². The molecule has 0 fully saturated rings. The number of carboxylic acids is 1. The van der Waals surface area contributed by atoms with Crippen molar-refractivity contribution in [1.29, 1.82) is 0 Å². The number of carboxylic acid groups (broad SMARTS) is 1. The minimum absolute atomic E-state index is 0.0851. The predicted octanol–water partition coefficient (Wildman–Crippen LogP) is 2.37. The van der Waals surface area contributed by atoms with Crippen molar-refractivity contribution in [3.63, 3.8) is 0 Å². The summed E-state index contributed by atoms with van der Waals surface area (Å²) in [6.45, 7) is 2.01. The molecule has 2 rings (SSSR count). The summed E-state index contributed by atoms with van der Waals surface area (Å²) >= 11 is 1.12. The van der Waals surface area contributed by atoms with Crippen LogP contribution in [0.5, 0.6) is 5.75 Å². The van der Waals surface area contributed by atoms with Gasteiger partial charge in [0.2, 0.25) is 0 Å². The number of aryl methyl sites for hydroxylation is 1. The van der Waals surface area contributed by atoms with Crippen LogP contribution < -0.4 is 9.61 Å². The molecule has 2 aromatic rings. The molecule has 0 atom stereocenters. The lowest BCUT2D eigenvalue weighted by Crippen LogP contribution is -2.16. The normalized spacial score (nSPS) is 10.5. The van der Waals surface area contributed by atoms with Crippen molar-refractivity contribution in [2.75, 3.05) is 7.11 Å². The topological polar surface area (TPSA) is 68.5 Å². The number of carbonyl (C=O) groups is 1. The van der Waals surface area contributed by atoms with E-state index in [2.05, 4.69) is 0 Å². The van der Waals surface area contributed by atoms with E-state index < -0.39 is 5.97 Å². The maximum Gasteiger partial charge on any atom is 0.307 e. The van der Waals surface area contributed by atoms with Gasteiger partial charge >= 0.3 is 10.8 Å². The van der Waals surface area contributed by atoms with Crippen LogP contribution in [0.25, 0.3) is 11.3 Å². The molecule has 0 aliphatic carbocycles. The molecule has 0 bridgehead atoms. The van der Waals surface area contributed by atoms with Crippen LogP contribution in [-0.2, 0) is 11.3 Å². The highest BCUT2D eigenvalue weighted by Gasteiger charge is 2.17. The van der Waals surface area contributed by atoms with Gasteiger partial charge in [-0.3, -0.25) is 14.2 Å². The first-order valence-corrected chi connectivity index (χ1v) is 6.91. The summed E-state index contributed by atoms with van der Waals surface area (Å²) in [5.74, 6) is -0.260. The number of aliphatic carboxylic acids is 1. The van der Waals surface area contributed by atoms with Gasteiger partial charge in [0, 0.05) is 17.0 Å². The van der Waals surface area contributed by atoms with Gasteiger partial charge in [-0.25, -0.2) is 0 Å². The molecule has 5 nitrogen and oxygen atoms in total. The van der Waals surface area contributed by atoms with Crippen molar-refractivity contribution >= 4 is 17.3 Å². The zero-order valence-corrected chi connectivity index (χ0v) is 12.1. The molecule has 106 valence electrons. The van der Waals surface area contributed by atoms with Crippen LogP contribution in [0.2, 0.25) is 0 Å². The molecule has 0 saturated carbocycles. The first kappa shape index (κ1) is 14.3. The Kier molecular flexibility index (Phi) is 4.24. The lowest BCUT2D eigenvalue weighted by atomic mass is 10.1. The fourth-order valence-corrected chi connectivity index (χ4v) is 2.97. The van der Waals surface area contributed by atoms with Gasteiger partial charge < -0.3 is 9.84 Å². The highest BCUT2D eigenvalue weighted by Crippen LogP contribution is 2.32. The predicted molar refractivity (Wildman–Crippen MR) is 77.6 cm³/mol. The van der Waals surface area contributed by atoms with Crippen LogP contribution >= 0.6 is 11.3 Å². The van der Waals surface area contributed by atoms with E-state index in [4.69, 9.17) is 9.84 Å². The number of rotatable bonds is 5. The Labute approximate surface area is 120 Å². The van der Waals surface area contributed by atoms with Crippen molar-refractivity contribution in [3.8, 4) is 17.0 Å². The lowest BCUT2D eigenvalue weighted by molar-refractivity contribution is -0.137. The molecule has 6 heteroatoms. The summed E-state index contributed by atoms with van der Waals surface area (Å²) in [4.78, 5) is 23.4. The highest BCUT2D eigenvalue weighted by molar-refractivity contribution is 7.09. The quantitative estimate of drug-likeness (QED) is 0.919. The highest BCUT2D eigenvalue weighted by atomic mass is 32.1. The SMILES string of the molecule is COc1ccccc1-c1c(C)sc(=O)n1CCC(=O)O. The minimum Gasteiger partial charge on any atom is -0.496 e. The molecule has 0 saturated heterocycles. The fourth-order valence-electron chi connectivity index (χ4n) is 2.10. The minimum atomic E-state index is -0.924. The van der Waals surface area contributed by atoms with E-state index in [1.807, 2.05) is 31.2 Å². The zero-order valence-electron chi connectivity index (χ0n) is 11.3. The van der Waals surface area contributed by atoms with Crippen molar-refractivity contribution in [3.05, 3.63) is 38.8 Å². The van der Waals surface area contributed by atoms with Crippen LogP contribution in [0, 0.1) is 6.92 Å². The third-order valence-corrected chi connectivity index (χ3v) is 3.87. The number of benzene rings is 1. The number of methoxy groups -OCH3 is 1. The molecule has 0 radical (unpaired) electrons. The summed E-state index contributed by atoms with van der Waals surface area (Å²) in [5.41, 5.74) is 1.54. The van der Waals surface area contributed by atoms with Gasteiger partial charge in [-0.15, -0.1) is 0 Å². The van der Waals surface area contributed by atoms with Crippen LogP contribution in [0.3, 0.4) is 0 Å². The third-order valence-electron chi connectivity index (χ3n) is 2.98. The molecule has 1 aromatic carbocycles. The zero-order chi connectivity index (χ0) is 14.7. The first-order chi connectivity index (χ1) is 9.54. The number of thiazole rings is 1. The van der Waals surface area contributed by atoms with Crippen LogP contribution in [0.1, 0.15) is 11.3 Å². The van der Waals surface area contributed by atoms with Gasteiger partial charge in [0.25, 0.3) is 0 Å². The van der Waals surface area contributed by atoms with Crippen LogP contribution in [0.15, 0.2) is 29.1 Å². The smallest absolute Gasteiger partial charge is 0.307 e. The maximum atomic E-state index is 12.0. The summed E-state index contributed by atoms with van der Waals surface area (Å²) in [6, 6.07) is 7.40. The largest absolute Gasteiger partial charge is 0.496 e. The fraction of sp³-hybridized carbons (Fsp3) is 0.286. The van der Waals surface area contributed by atoms with Gasteiger partial charge in [-0.2, -0.15) is 0 Å². The second-order valence-electron chi connectivity index (χ2n) is 4.27. The molecule has 0 unspecified atom stereocenters. The molecule has 0 aliphatic rings. The van der Waals surface area contributed by atoms with Crippen molar-refractivity contribution < 1.29 is 14.6 Å². The number of hydrogen-bond donors (Lipinski definition) is 1. The van der Waals surface area contributed by atoms with E-state index in [0.29, 0.717) is 5.75 Å². The Bertz CT molecular complexity index is 687. The summed E-state index contributed by atoms with van der Waals surface area (Å²) in [6.07, 6.45) is -0.0851. The molecular weight excluding hydrogens is 278 g/mol. The van der Waals surface area contributed by atoms with E-state index in [9.17, 15) is 9.59 Å². The molecule has 0 aliphatic heterocycles.